The molecule has 0 aliphatic carbocycles. The molecule has 3 rings (SSSR count). The SMILES string of the molecule is Cn1ncc(C(=O)O)c1C(=O)N1CCN(C(=O)c2cccs2)CC1. The fourth-order valence-electron chi connectivity index (χ4n) is 2.67. The van der Waals surface area contributed by atoms with E-state index in [1.807, 2.05) is 11.4 Å². The summed E-state index contributed by atoms with van der Waals surface area (Å²) in [4.78, 5) is 40.1. The molecule has 0 unspecified atom stereocenters. The fourth-order valence-corrected chi connectivity index (χ4v) is 3.36. The summed E-state index contributed by atoms with van der Waals surface area (Å²) in [5, 5.41) is 14.9. The van der Waals surface area contributed by atoms with Gasteiger partial charge in [0, 0.05) is 33.2 Å². The second kappa shape index (κ2) is 6.44. The van der Waals surface area contributed by atoms with Crippen LogP contribution in [0, 0.1) is 0 Å². The molecule has 0 atom stereocenters. The largest absolute Gasteiger partial charge is 0.478 e. The lowest BCUT2D eigenvalue weighted by atomic mass is 10.2. The van der Waals surface area contributed by atoms with Crippen LogP contribution in [0.25, 0.3) is 0 Å². The van der Waals surface area contributed by atoms with Crippen molar-refractivity contribution in [2.75, 3.05) is 26.2 Å². The monoisotopic (exact) mass is 348 g/mol. The van der Waals surface area contributed by atoms with Gasteiger partial charge in [0.05, 0.1) is 11.1 Å². The molecule has 9 heteroatoms. The number of carbonyl (C=O) groups excluding carboxylic acids is 2. The zero-order valence-corrected chi connectivity index (χ0v) is 13.8. The molecular formula is C15H16N4O4S. The summed E-state index contributed by atoms with van der Waals surface area (Å²) < 4.78 is 1.27. The van der Waals surface area contributed by atoms with Crippen molar-refractivity contribution in [3.05, 3.63) is 39.8 Å². The molecule has 1 aliphatic rings. The van der Waals surface area contributed by atoms with Gasteiger partial charge in [-0.2, -0.15) is 5.10 Å². The Morgan fingerprint density at radius 1 is 1.12 bits per heavy atom. The van der Waals surface area contributed by atoms with E-state index in [2.05, 4.69) is 5.10 Å². The van der Waals surface area contributed by atoms with Crippen LogP contribution in [0.1, 0.15) is 30.5 Å². The summed E-state index contributed by atoms with van der Waals surface area (Å²) >= 11 is 1.39. The van der Waals surface area contributed by atoms with Gasteiger partial charge in [-0.1, -0.05) is 6.07 Å². The lowest BCUT2D eigenvalue weighted by molar-refractivity contribution is 0.0528. The Balaban J connectivity index is 1.69. The van der Waals surface area contributed by atoms with Crippen molar-refractivity contribution in [1.82, 2.24) is 19.6 Å². The molecule has 8 nitrogen and oxygen atoms in total. The molecule has 2 aromatic rings. The number of rotatable bonds is 3. The van der Waals surface area contributed by atoms with Gasteiger partial charge in [-0.25, -0.2) is 4.79 Å². The van der Waals surface area contributed by atoms with E-state index >= 15 is 0 Å². The summed E-state index contributed by atoms with van der Waals surface area (Å²) in [5.41, 5.74) is -0.0554. The first kappa shape index (κ1) is 16.2. The first-order chi connectivity index (χ1) is 11.5. The van der Waals surface area contributed by atoms with Gasteiger partial charge in [0.15, 0.2) is 0 Å². The highest BCUT2D eigenvalue weighted by molar-refractivity contribution is 7.12. The zero-order valence-electron chi connectivity index (χ0n) is 13.0. The van der Waals surface area contributed by atoms with E-state index in [1.54, 1.807) is 15.9 Å². The molecule has 3 heterocycles. The predicted molar refractivity (Wildman–Crippen MR) is 86.3 cm³/mol. The Labute approximate surface area is 141 Å². The van der Waals surface area contributed by atoms with Gasteiger partial charge in [-0.3, -0.25) is 14.3 Å². The predicted octanol–water partition coefficient (Wildman–Crippen LogP) is 0.778. The number of hydrogen-bond acceptors (Lipinski definition) is 5. The highest BCUT2D eigenvalue weighted by atomic mass is 32.1. The molecule has 1 fully saturated rings. The summed E-state index contributed by atoms with van der Waals surface area (Å²) in [7, 11) is 1.54. The number of carbonyl (C=O) groups is 3. The smallest absolute Gasteiger partial charge is 0.339 e. The molecule has 0 radical (unpaired) electrons. The van der Waals surface area contributed by atoms with Crippen LogP contribution in [0.5, 0.6) is 0 Å². The van der Waals surface area contributed by atoms with Crippen molar-refractivity contribution >= 4 is 29.1 Å². The van der Waals surface area contributed by atoms with Crippen molar-refractivity contribution in [2.45, 2.75) is 0 Å². The molecule has 2 aromatic heterocycles. The minimum atomic E-state index is -1.18. The number of nitrogens with zero attached hydrogens (tertiary/aromatic N) is 4. The van der Waals surface area contributed by atoms with E-state index in [-0.39, 0.29) is 23.1 Å². The van der Waals surface area contributed by atoms with Crippen molar-refractivity contribution in [3.63, 3.8) is 0 Å². The standard InChI is InChI=1S/C15H16N4O4S/c1-17-12(10(9-16-17)15(22)23)14(21)19-6-4-18(5-7-19)13(20)11-3-2-8-24-11/h2-3,8-9H,4-7H2,1H3,(H,22,23). The van der Waals surface area contributed by atoms with E-state index in [9.17, 15) is 19.5 Å². The molecule has 0 aromatic carbocycles. The summed E-state index contributed by atoms with van der Waals surface area (Å²) in [5.74, 6) is -1.60. The Morgan fingerprint density at radius 2 is 1.75 bits per heavy atom. The lowest BCUT2D eigenvalue weighted by Gasteiger charge is -2.34. The topological polar surface area (TPSA) is 95.7 Å². The van der Waals surface area contributed by atoms with Gasteiger partial charge in [-0.15, -0.1) is 11.3 Å². The molecule has 1 saturated heterocycles. The van der Waals surface area contributed by atoms with Crippen LogP contribution >= 0.6 is 11.3 Å². The van der Waals surface area contributed by atoms with Gasteiger partial charge in [-0.05, 0) is 11.4 Å². The molecule has 1 aliphatic heterocycles. The Hall–Kier alpha value is -2.68. The third-order valence-corrected chi connectivity index (χ3v) is 4.82. The van der Waals surface area contributed by atoms with E-state index in [0.29, 0.717) is 31.1 Å². The molecule has 1 N–H and O–H groups in total. The van der Waals surface area contributed by atoms with Crippen LogP contribution in [-0.4, -0.2) is 68.6 Å². The van der Waals surface area contributed by atoms with E-state index in [1.165, 1.54) is 29.3 Å². The minimum absolute atomic E-state index is 0.0381. The summed E-state index contributed by atoms with van der Waals surface area (Å²) in [6.07, 6.45) is 1.17. The van der Waals surface area contributed by atoms with Crippen molar-refractivity contribution in [2.24, 2.45) is 7.05 Å². The highest BCUT2D eigenvalue weighted by Gasteiger charge is 2.30. The number of aryl methyl sites for hydroxylation is 1. The molecule has 0 bridgehead atoms. The average molecular weight is 348 g/mol. The number of carboxylic acids is 1. The molecule has 126 valence electrons. The van der Waals surface area contributed by atoms with Gasteiger partial charge in [0.25, 0.3) is 11.8 Å². The molecular weight excluding hydrogens is 332 g/mol. The number of thiophene rings is 1. The summed E-state index contributed by atoms with van der Waals surface area (Å²) in [6.45, 7) is 1.56. The van der Waals surface area contributed by atoms with Gasteiger partial charge >= 0.3 is 5.97 Å². The van der Waals surface area contributed by atoms with Crippen LogP contribution in [0.15, 0.2) is 23.7 Å². The van der Waals surface area contributed by atoms with Gasteiger partial charge in [0.1, 0.15) is 11.3 Å². The van der Waals surface area contributed by atoms with Crippen molar-refractivity contribution in [3.8, 4) is 0 Å². The Kier molecular flexibility index (Phi) is 4.34. The van der Waals surface area contributed by atoms with Crippen LogP contribution in [0.4, 0.5) is 0 Å². The first-order valence-corrected chi connectivity index (χ1v) is 8.24. The van der Waals surface area contributed by atoms with Crippen molar-refractivity contribution in [1.29, 1.82) is 0 Å². The number of aromatic carboxylic acids is 1. The number of piperazine rings is 1. The third-order valence-electron chi connectivity index (χ3n) is 3.96. The van der Waals surface area contributed by atoms with Gasteiger partial charge in [0.2, 0.25) is 0 Å². The van der Waals surface area contributed by atoms with Crippen molar-refractivity contribution < 1.29 is 19.5 Å². The fraction of sp³-hybridized carbons (Fsp3) is 0.333. The number of hydrogen-bond donors (Lipinski definition) is 1. The van der Waals surface area contributed by atoms with Gasteiger partial charge < -0.3 is 14.9 Å². The lowest BCUT2D eigenvalue weighted by Crippen LogP contribution is -2.51. The Morgan fingerprint density at radius 3 is 2.29 bits per heavy atom. The number of carboxylic acid groups (broad SMARTS) is 1. The molecule has 2 amide bonds. The van der Waals surface area contributed by atoms with E-state index < -0.39 is 5.97 Å². The normalized spacial score (nSPS) is 14.7. The Bertz CT molecular complexity index is 776. The zero-order chi connectivity index (χ0) is 17.3. The van der Waals surface area contributed by atoms with Crippen LogP contribution in [-0.2, 0) is 7.05 Å². The van der Waals surface area contributed by atoms with E-state index in [4.69, 9.17) is 0 Å². The van der Waals surface area contributed by atoms with Crippen LogP contribution in [0.2, 0.25) is 0 Å². The average Bonchev–Trinajstić information content (AvgIpc) is 3.23. The van der Waals surface area contributed by atoms with Crippen LogP contribution in [0.3, 0.4) is 0 Å². The second-order valence-electron chi connectivity index (χ2n) is 5.40. The maximum atomic E-state index is 12.6. The maximum Gasteiger partial charge on any atom is 0.339 e. The first-order valence-electron chi connectivity index (χ1n) is 7.36. The minimum Gasteiger partial charge on any atom is -0.478 e. The van der Waals surface area contributed by atoms with Crippen LogP contribution < -0.4 is 0 Å². The van der Waals surface area contributed by atoms with E-state index in [0.717, 1.165) is 0 Å². The molecule has 24 heavy (non-hydrogen) atoms. The number of amides is 2. The third kappa shape index (κ3) is 2.90. The highest BCUT2D eigenvalue weighted by Crippen LogP contribution is 2.16. The summed E-state index contributed by atoms with van der Waals surface area (Å²) in [6, 6.07) is 3.60. The quantitative estimate of drug-likeness (QED) is 0.884. The maximum absolute atomic E-state index is 12.6. The molecule has 0 spiro atoms. The second-order valence-corrected chi connectivity index (χ2v) is 6.35. The molecule has 0 saturated carbocycles. The number of aromatic nitrogens is 2.